The van der Waals surface area contributed by atoms with Gasteiger partial charge in [-0.3, -0.25) is 4.90 Å². The van der Waals surface area contributed by atoms with Crippen LogP contribution in [0, 0.1) is 0 Å². The van der Waals surface area contributed by atoms with Crippen molar-refractivity contribution in [1.82, 2.24) is 4.90 Å². The van der Waals surface area contributed by atoms with Gasteiger partial charge in [0.2, 0.25) is 0 Å². The molecular formula is C34H53NO3. The molecule has 4 heteroatoms. The van der Waals surface area contributed by atoms with Crippen molar-refractivity contribution in [3.05, 3.63) is 71.8 Å². The van der Waals surface area contributed by atoms with Gasteiger partial charge in [-0.1, -0.05) is 126 Å². The molecule has 4 unspecified atom stereocenters. The van der Waals surface area contributed by atoms with E-state index in [2.05, 4.69) is 86.5 Å². The number of benzene rings is 2. The lowest BCUT2D eigenvalue weighted by atomic mass is 10.1. The summed E-state index contributed by atoms with van der Waals surface area (Å²) in [4.78, 5) is 2.51. The Hall–Kier alpha value is -1.72. The van der Waals surface area contributed by atoms with Crippen LogP contribution in [0.25, 0.3) is 0 Å². The van der Waals surface area contributed by atoms with Gasteiger partial charge >= 0.3 is 0 Å². The smallest absolute Gasteiger partial charge is 0.102 e. The van der Waals surface area contributed by atoms with Gasteiger partial charge in [-0.2, -0.15) is 0 Å². The van der Waals surface area contributed by atoms with E-state index in [1.807, 2.05) is 0 Å². The molecule has 1 saturated carbocycles. The second-order valence-corrected chi connectivity index (χ2v) is 11.0. The monoisotopic (exact) mass is 523 g/mol. The van der Waals surface area contributed by atoms with E-state index in [0.29, 0.717) is 13.2 Å². The minimum Gasteiger partial charge on any atom is -0.374 e. The first-order chi connectivity index (χ1) is 18.7. The highest BCUT2D eigenvalue weighted by Crippen LogP contribution is 2.33. The van der Waals surface area contributed by atoms with Gasteiger partial charge in [0.05, 0.1) is 31.5 Å². The Morgan fingerprint density at radius 1 is 0.632 bits per heavy atom. The zero-order chi connectivity index (χ0) is 26.8. The Morgan fingerprint density at radius 3 is 1.74 bits per heavy atom. The van der Waals surface area contributed by atoms with Crippen molar-refractivity contribution in [3.8, 4) is 0 Å². The molecule has 0 radical (unpaired) electrons. The molecule has 38 heavy (non-hydrogen) atoms. The van der Waals surface area contributed by atoms with Crippen molar-refractivity contribution in [2.24, 2.45) is 0 Å². The highest BCUT2D eigenvalue weighted by molar-refractivity contribution is 5.15. The lowest BCUT2D eigenvalue weighted by Crippen LogP contribution is -2.48. The topological polar surface area (TPSA) is 30.9 Å². The van der Waals surface area contributed by atoms with Crippen molar-refractivity contribution in [2.45, 2.75) is 122 Å². The number of rotatable bonds is 20. The zero-order valence-corrected chi connectivity index (χ0v) is 24.4. The van der Waals surface area contributed by atoms with Crippen LogP contribution in [0.3, 0.4) is 0 Å². The third kappa shape index (κ3) is 10.8. The Balaban J connectivity index is 1.69. The van der Waals surface area contributed by atoms with Crippen LogP contribution in [-0.2, 0) is 27.4 Å². The van der Waals surface area contributed by atoms with Crippen molar-refractivity contribution in [1.29, 1.82) is 0 Å². The molecular weight excluding hydrogens is 470 g/mol. The summed E-state index contributed by atoms with van der Waals surface area (Å²) >= 11 is 0. The van der Waals surface area contributed by atoms with Crippen molar-refractivity contribution >= 4 is 0 Å². The van der Waals surface area contributed by atoms with Gasteiger partial charge in [0, 0.05) is 13.0 Å². The summed E-state index contributed by atoms with van der Waals surface area (Å²) in [6, 6.07) is 21.2. The maximum atomic E-state index is 6.70. The van der Waals surface area contributed by atoms with Crippen LogP contribution in [-0.4, -0.2) is 49.5 Å². The third-order valence-corrected chi connectivity index (χ3v) is 7.84. The van der Waals surface area contributed by atoms with E-state index >= 15 is 0 Å². The highest BCUT2D eigenvalue weighted by atomic mass is 16.6. The lowest BCUT2D eigenvalue weighted by molar-refractivity contribution is -0.0898. The molecule has 3 rings (SSSR count). The number of hydrogen-bond donors (Lipinski definition) is 0. The predicted molar refractivity (Wildman–Crippen MR) is 158 cm³/mol. The maximum Gasteiger partial charge on any atom is 0.102 e. The summed E-state index contributed by atoms with van der Waals surface area (Å²) in [7, 11) is 2.26. The van der Waals surface area contributed by atoms with E-state index in [0.717, 1.165) is 26.0 Å². The number of nitrogens with zero attached hydrogens (tertiary/aromatic N) is 1. The molecule has 0 aromatic heterocycles. The fraction of sp³-hybridized carbons (Fsp3) is 0.647. The zero-order valence-electron chi connectivity index (χ0n) is 24.4. The van der Waals surface area contributed by atoms with E-state index in [4.69, 9.17) is 14.2 Å². The SMILES string of the molecule is CCCCCCCOC1C(OCc2ccccc2)CC(OCc2ccccc2)C1N(C)CCCCCCC. The molecule has 212 valence electrons. The number of hydrogen-bond acceptors (Lipinski definition) is 4. The van der Waals surface area contributed by atoms with Gasteiger partial charge in [-0.05, 0) is 37.6 Å². The lowest BCUT2D eigenvalue weighted by Gasteiger charge is -2.34. The molecule has 0 saturated heterocycles. The van der Waals surface area contributed by atoms with Gasteiger partial charge in [-0.15, -0.1) is 0 Å². The average Bonchev–Trinajstić information content (AvgIpc) is 3.30. The first-order valence-corrected chi connectivity index (χ1v) is 15.4. The number of likely N-dealkylation sites (N-methyl/N-ethyl adjacent to an activating group) is 1. The van der Waals surface area contributed by atoms with Gasteiger partial charge in [0.1, 0.15) is 6.10 Å². The summed E-state index contributed by atoms with van der Waals surface area (Å²) in [5.41, 5.74) is 2.43. The highest BCUT2D eigenvalue weighted by Gasteiger charge is 2.47. The summed E-state index contributed by atoms with van der Waals surface area (Å²) in [5, 5.41) is 0. The molecule has 0 aliphatic heterocycles. The molecule has 2 aromatic rings. The van der Waals surface area contributed by atoms with E-state index in [1.54, 1.807) is 0 Å². The van der Waals surface area contributed by atoms with E-state index in [-0.39, 0.29) is 24.4 Å². The quantitative estimate of drug-likeness (QED) is 0.164. The Labute approximate surface area is 233 Å². The minimum atomic E-state index is 0.0197. The minimum absolute atomic E-state index is 0.0197. The second kappa shape index (κ2) is 18.5. The van der Waals surface area contributed by atoms with Gasteiger partial charge in [0.15, 0.2) is 0 Å². The molecule has 1 aliphatic rings. The van der Waals surface area contributed by atoms with Gasteiger partial charge in [0.25, 0.3) is 0 Å². The molecule has 0 spiro atoms. The van der Waals surface area contributed by atoms with Crippen LogP contribution in [0.1, 0.15) is 95.6 Å². The normalized spacial score (nSPS) is 21.4. The van der Waals surface area contributed by atoms with E-state index < -0.39 is 0 Å². The predicted octanol–water partition coefficient (Wildman–Crippen LogP) is 8.19. The summed E-state index contributed by atoms with van der Waals surface area (Å²) in [6.07, 6.45) is 13.7. The number of unbranched alkanes of at least 4 members (excludes halogenated alkanes) is 8. The van der Waals surface area contributed by atoms with Crippen molar-refractivity contribution in [3.63, 3.8) is 0 Å². The molecule has 0 heterocycles. The largest absolute Gasteiger partial charge is 0.374 e. The molecule has 0 amide bonds. The fourth-order valence-electron chi connectivity index (χ4n) is 5.60. The third-order valence-electron chi connectivity index (χ3n) is 7.84. The van der Waals surface area contributed by atoms with E-state index in [1.165, 1.54) is 68.9 Å². The molecule has 0 bridgehead atoms. The van der Waals surface area contributed by atoms with Gasteiger partial charge < -0.3 is 14.2 Å². The summed E-state index contributed by atoms with van der Waals surface area (Å²) in [5.74, 6) is 0. The summed E-state index contributed by atoms with van der Waals surface area (Å²) in [6.45, 7) is 7.65. The molecule has 1 aliphatic carbocycles. The first-order valence-electron chi connectivity index (χ1n) is 15.4. The first kappa shape index (κ1) is 30.8. The summed E-state index contributed by atoms with van der Waals surface area (Å²) < 4.78 is 19.9. The van der Waals surface area contributed by atoms with E-state index in [9.17, 15) is 0 Å². The maximum absolute atomic E-state index is 6.70. The Kier molecular flexibility index (Phi) is 15.0. The molecule has 2 aromatic carbocycles. The van der Waals surface area contributed by atoms with Crippen LogP contribution < -0.4 is 0 Å². The van der Waals surface area contributed by atoms with Crippen LogP contribution in [0.15, 0.2) is 60.7 Å². The van der Waals surface area contributed by atoms with Crippen molar-refractivity contribution < 1.29 is 14.2 Å². The molecule has 4 nitrogen and oxygen atoms in total. The molecule has 1 fully saturated rings. The molecule has 4 atom stereocenters. The van der Waals surface area contributed by atoms with Gasteiger partial charge in [-0.25, -0.2) is 0 Å². The fourth-order valence-corrected chi connectivity index (χ4v) is 5.60. The molecule has 0 N–H and O–H groups in total. The standard InChI is InChI=1S/C34H53NO3/c1-4-6-8-10-18-24-35(3)33-31(37-27-29-20-14-12-15-21-29)26-32(38-28-30-22-16-13-17-23-30)34(33)36-25-19-11-9-7-5-2/h12-17,20-23,31-34H,4-11,18-19,24-28H2,1-3H3. The average molecular weight is 524 g/mol. The Bertz CT molecular complexity index is 830. The van der Waals surface area contributed by atoms with Crippen molar-refractivity contribution in [2.75, 3.05) is 20.2 Å². The number of ether oxygens (including phenoxy) is 3. The van der Waals surface area contributed by atoms with Crippen LogP contribution in [0.2, 0.25) is 0 Å². The van der Waals surface area contributed by atoms with Crippen LogP contribution >= 0.6 is 0 Å². The van der Waals surface area contributed by atoms with Crippen LogP contribution in [0.4, 0.5) is 0 Å². The van der Waals surface area contributed by atoms with Crippen LogP contribution in [0.5, 0.6) is 0 Å². The second-order valence-electron chi connectivity index (χ2n) is 11.0. The Morgan fingerprint density at radius 2 is 1.16 bits per heavy atom.